The Morgan fingerprint density at radius 3 is 2.19 bits per heavy atom. The first-order chi connectivity index (χ1) is 28.0. The number of carbonyl (C=O) groups excluding carboxylic acids is 5. The predicted octanol–water partition coefficient (Wildman–Crippen LogP) is 4.62. The molecule has 1 atom stereocenters. The third-order valence-electron chi connectivity index (χ3n) is 12.6. The molecule has 14 heteroatoms. The van der Waals surface area contributed by atoms with Crippen molar-refractivity contribution in [3.8, 4) is 11.8 Å². The second-order valence-corrected chi connectivity index (χ2v) is 17.1. The number of hydrogen-bond donors (Lipinski definition) is 1. The molecule has 58 heavy (non-hydrogen) atoms. The lowest BCUT2D eigenvalue weighted by atomic mass is 9.57. The lowest BCUT2D eigenvalue weighted by molar-refractivity contribution is -0.136. The van der Waals surface area contributed by atoms with E-state index in [1.54, 1.807) is 24.3 Å². The maximum atomic E-state index is 13.2. The summed E-state index contributed by atoms with van der Waals surface area (Å²) in [5.41, 5.74) is 4.29. The van der Waals surface area contributed by atoms with Crippen molar-refractivity contribution in [1.29, 1.82) is 5.26 Å². The highest BCUT2D eigenvalue weighted by molar-refractivity contribution is 6.31. The predicted molar refractivity (Wildman–Crippen MR) is 218 cm³/mol. The van der Waals surface area contributed by atoms with Gasteiger partial charge in [-0.25, -0.2) is 0 Å². The zero-order valence-corrected chi connectivity index (χ0v) is 33.5. The summed E-state index contributed by atoms with van der Waals surface area (Å²) in [6.45, 7) is 9.23. The third kappa shape index (κ3) is 8.19. The van der Waals surface area contributed by atoms with E-state index < -0.39 is 23.8 Å². The van der Waals surface area contributed by atoms with E-state index in [0.717, 1.165) is 94.4 Å². The van der Waals surface area contributed by atoms with Gasteiger partial charge in [0.15, 0.2) is 0 Å². The summed E-state index contributed by atoms with van der Waals surface area (Å²) < 4.78 is 5.86. The summed E-state index contributed by atoms with van der Waals surface area (Å²) in [5.74, 6) is -0.438. The number of rotatable bonds is 8. The highest BCUT2D eigenvalue weighted by Gasteiger charge is 2.53. The van der Waals surface area contributed by atoms with Crippen molar-refractivity contribution in [1.82, 2.24) is 20.0 Å². The summed E-state index contributed by atoms with van der Waals surface area (Å²) in [4.78, 5) is 71.4. The Labute approximate surface area is 343 Å². The molecule has 4 saturated heterocycles. The minimum atomic E-state index is -0.944. The summed E-state index contributed by atoms with van der Waals surface area (Å²) in [6, 6.07) is 19.5. The van der Waals surface area contributed by atoms with Crippen molar-refractivity contribution in [3.63, 3.8) is 0 Å². The molecule has 13 nitrogen and oxygen atoms in total. The monoisotopic (exact) mass is 805 g/mol. The van der Waals surface area contributed by atoms with Crippen molar-refractivity contribution in [3.05, 3.63) is 87.9 Å². The summed E-state index contributed by atoms with van der Waals surface area (Å²) in [6.07, 6.45) is 5.90. The molecule has 9 rings (SSSR count). The van der Waals surface area contributed by atoms with Crippen molar-refractivity contribution in [2.45, 2.75) is 50.7 Å². The number of nitrogens with zero attached hydrogens (tertiary/aromatic N) is 6. The Hall–Kier alpha value is -5.29. The van der Waals surface area contributed by atoms with Crippen LogP contribution in [0, 0.1) is 22.7 Å². The number of nitriles is 1. The van der Waals surface area contributed by atoms with Crippen LogP contribution in [0.15, 0.2) is 60.7 Å². The minimum Gasteiger partial charge on any atom is -0.490 e. The second-order valence-electron chi connectivity index (χ2n) is 16.7. The molecular weight excluding hydrogens is 758 g/mol. The van der Waals surface area contributed by atoms with E-state index in [2.05, 4.69) is 32.0 Å². The fourth-order valence-electron chi connectivity index (χ4n) is 9.43. The Morgan fingerprint density at radius 1 is 0.845 bits per heavy atom. The number of aldehydes is 1. The molecular formula is C44H48ClN7O6. The van der Waals surface area contributed by atoms with E-state index in [9.17, 15) is 24.0 Å². The molecule has 0 aromatic heterocycles. The van der Waals surface area contributed by atoms with E-state index in [1.807, 2.05) is 42.5 Å². The Balaban J connectivity index is 0.000000231. The summed E-state index contributed by atoms with van der Waals surface area (Å²) in [5, 5.41) is 11.5. The molecule has 0 radical (unpaired) electrons. The zero-order valence-electron chi connectivity index (χ0n) is 32.7. The molecule has 5 heterocycles. The molecule has 1 unspecified atom stereocenters. The average Bonchev–Trinajstić information content (AvgIpc) is 3.44. The van der Waals surface area contributed by atoms with Gasteiger partial charge in [-0.3, -0.25) is 39.1 Å². The largest absolute Gasteiger partial charge is 0.490 e. The third-order valence-corrected chi connectivity index (χ3v) is 12.9. The van der Waals surface area contributed by atoms with Gasteiger partial charge in [-0.2, -0.15) is 5.26 Å². The number of piperazine rings is 1. The van der Waals surface area contributed by atoms with E-state index in [4.69, 9.17) is 21.6 Å². The quantitative estimate of drug-likeness (QED) is 0.251. The standard InChI is InChI=1S/C31H33N5O5.C13H15ClN2O/c37-17-20-1-3-22(4-2-20)34-11-9-33(10-12-34)16-21-14-31(15-21)18-35(19-31)23-5-6-24-25(13-23)30(41)36(29(24)40)26-7-8-27(38)32-28(26)39;1-16-6-4-11(5-7-16)17-12-3-2-10(9-15)13(14)8-12/h1-6,13,17,21,26H,7-12,14-16,18-19H2,(H,32,38,39);2-3,8,11H,4-7H2,1H3. The van der Waals surface area contributed by atoms with Crippen molar-refractivity contribution < 1.29 is 28.7 Å². The molecule has 302 valence electrons. The molecule has 1 N–H and O–H groups in total. The van der Waals surface area contributed by atoms with Gasteiger partial charge in [0.2, 0.25) is 11.8 Å². The van der Waals surface area contributed by atoms with Crippen LogP contribution in [0.5, 0.6) is 5.75 Å². The number of halogens is 1. The van der Waals surface area contributed by atoms with E-state index in [0.29, 0.717) is 38.6 Å². The highest BCUT2D eigenvalue weighted by Crippen LogP contribution is 2.53. The van der Waals surface area contributed by atoms with Crippen molar-refractivity contribution in [2.75, 3.05) is 75.8 Å². The number of imide groups is 2. The number of carbonyl (C=O) groups is 5. The number of likely N-dealkylation sites (tertiary alicyclic amines) is 1. The molecule has 5 fully saturated rings. The van der Waals surface area contributed by atoms with Crippen LogP contribution in [0.1, 0.15) is 75.2 Å². The minimum absolute atomic E-state index is 0.111. The molecule has 4 amide bonds. The molecule has 5 aliphatic heterocycles. The molecule has 1 aliphatic carbocycles. The van der Waals surface area contributed by atoms with Gasteiger partial charge in [0.25, 0.3) is 11.8 Å². The normalized spacial score (nSPS) is 22.4. The van der Waals surface area contributed by atoms with Gasteiger partial charge >= 0.3 is 0 Å². The average molecular weight is 806 g/mol. The van der Waals surface area contributed by atoms with E-state index in [1.165, 1.54) is 18.5 Å². The van der Waals surface area contributed by atoms with E-state index in [-0.39, 0.29) is 24.9 Å². The van der Waals surface area contributed by atoms with Crippen molar-refractivity contribution in [2.24, 2.45) is 11.3 Å². The number of piperidine rings is 2. The van der Waals surface area contributed by atoms with Crippen LogP contribution in [0.2, 0.25) is 5.02 Å². The molecule has 6 aliphatic rings. The molecule has 1 saturated carbocycles. The first kappa shape index (κ1) is 39.5. The van der Waals surface area contributed by atoms with Gasteiger partial charge in [-0.1, -0.05) is 11.6 Å². The summed E-state index contributed by atoms with van der Waals surface area (Å²) >= 11 is 5.96. The summed E-state index contributed by atoms with van der Waals surface area (Å²) in [7, 11) is 2.12. The SMILES string of the molecule is CN1CCC(Oc2ccc(C#N)c(Cl)c2)CC1.O=Cc1ccc(N2CCN(CC3CC4(C3)CN(c3ccc5c(c3)C(=O)N(C3CCC(=O)NC3=O)C5=O)C4)CC2)cc1. The number of hydrogen-bond acceptors (Lipinski definition) is 11. The maximum absolute atomic E-state index is 13.2. The molecule has 3 aromatic rings. The fraction of sp³-hybridized carbons (Fsp3) is 0.455. The van der Waals surface area contributed by atoms with Gasteiger partial charge in [-0.05, 0) is 99.7 Å². The van der Waals surface area contributed by atoms with Gasteiger partial charge < -0.3 is 19.4 Å². The van der Waals surface area contributed by atoms with Crippen LogP contribution in [-0.2, 0) is 9.59 Å². The van der Waals surface area contributed by atoms with Crippen LogP contribution in [-0.4, -0.2) is 123 Å². The molecule has 1 spiro atoms. The Bertz CT molecular complexity index is 2130. The van der Waals surface area contributed by atoms with Crippen LogP contribution in [0.4, 0.5) is 11.4 Å². The lowest BCUT2D eigenvalue weighted by Gasteiger charge is -2.60. The number of fused-ring (bicyclic) bond motifs is 1. The molecule has 0 bridgehead atoms. The Kier molecular flexibility index (Phi) is 11.3. The Morgan fingerprint density at radius 2 is 1.53 bits per heavy atom. The van der Waals surface area contributed by atoms with Gasteiger partial charge in [0, 0.05) is 93.7 Å². The number of amides is 4. The first-order valence-electron chi connectivity index (χ1n) is 20.2. The van der Waals surface area contributed by atoms with Gasteiger partial charge in [-0.15, -0.1) is 0 Å². The number of ether oxygens (including phenoxy) is 1. The van der Waals surface area contributed by atoms with Crippen LogP contribution in [0.3, 0.4) is 0 Å². The zero-order chi connectivity index (χ0) is 40.6. The topological polar surface area (TPSA) is 147 Å². The van der Waals surface area contributed by atoms with Crippen LogP contribution in [0.25, 0.3) is 0 Å². The van der Waals surface area contributed by atoms with Gasteiger partial charge in [0.1, 0.15) is 30.3 Å². The fourth-order valence-corrected chi connectivity index (χ4v) is 9.64. The number of nitrogens with one attached hydrogen (secondary N) is 1. The van der Waals surface area contributed by atoms with Crippen molar-refractivity contribution >= 4 is 52.9 Å². The smallest absolute Gasteiger partial charge is 0.262 e. The van der Waals surface area contributed by atoms with Gasteiger partial charge in [0.05, 0.1) is 21.7 Å². The second kappa shape index (κ2) is 16.5. The first-order valence-corrected chi connectivity index (χ1v) is 20.6. The number of anilines is 2. The lowest BCUT2D eigenvalue weighted by Crippen LogP contribution is -2.64. The number of benzene rings is 3. The maximum Gasteiger partial charge on any atom is 0.262 e. The van der Waals surface area contributed by atoms with Crippen LogP contribution < -0.4 is 19.9 Å². The van der Waals surface area contributed by atoms with E-state index >= 15 is 0 Å². The highest BCUT2D eigenvalue weighted by atomic mass is 35.5. The van der Waals surface area contributed by atoms with Crippen LogP contribution >= 0.6 is 11.6 Å². The molecule has 3 aromatic carbocycles.